The Morgan fingerprint density at radius 3 is 2.58 bits per heavy atom. The van der Waals surface area contributed by atoms with Crippen molar-refractivity contribution in [3.63, 3.8) is 0 Å². The van der Waals surface area contributed by atoms with Gasteiger partial charge in [0, 0.05) is 10.2 Å². The number of carbonyl (C=O) groups excluding carboxylic acids is 2. The zero-order valence-corrected chi connectivity index (χ0v) is 15.4. The molecule has 1 fully saturated rings. The molecule has 0 spiro atoms. The number of halogens is 1. The van der Waals surface area contributed by atoms with Crippen LogP contribution in [0.4, 0.5) is 4.79 Å². The lowest BCUT2D eigenvalue weighted by atomic mass is 9.95. The highest BCUT2D eigenvalue weighted by atomic mass is 79.9. The van der Waals surface area contributed by atoms with E-state index in [2.05, 4.69) is 33.5 Å². The first-order valence-electron chi connectivity index (χ1n) is 8.20. The van der Waals surface area contributed by atoms with Gasteiger partial charge in [-0.3, -0.25) is 0 Å². The fraction of sp³-hybridized carbons (Fsp3) is 0.444. The number of benzene rings is 1. The van der Waals surface area contributed by atoms with E-state index in [-0.39, 0.29) is 18.1 Å². The summed E-state index contributed by atoms with van der Waals surface area (Å²) in [5.41, 5.74) is 1.86. The maximum Gasteiger partial charge on any atom is 0.338 e. The second-order valence-electron chi connectivity index (χ2n) is 6.47. The molecule has 0 unspecified atom stereocenters. The molecule has 3 rings (SSSR count). The van der Waals surface area contributed by atoms with E-state index in [1.807, 2.05) is 24.3 Å². The van der Waals surface area contributed by atoms with E-state index in [1.165, 1.54) is 0 Å². The molecule has 0 bridgehead atoms. The number of hydrogen-bond acceptors (Lipinski definition) is 3. The molecule has 2 N–H and O–H groups in total. The molecule has 1 aromatic rings. The summed E-state index contributed by atoms with van der Waals surface area (Å²) < 4.78 is 6.69. The first kappa shape index (κ1) is 17.0. The van der Waals surface area contributed by atoms with Gasteiger partial charge in [-0.05, 0) is 49.8 Å². The van der Waals surface area contributed by atoms with Crippen molar-refractivity contribution in [3.8, 4) is 0 Å². The molecule has 1 heterocycles. The third kappa shape index (κ3) is 3.48. The van der Waals surface area contributed by atoms with Gasteiger partial charge >= 0.3 is 12.0 Å². The highest BCUT2D eigenvalue weighted by Crippen LogP contribution is 2.32. The lowest BCUT2D eigenvalue weighted by Crippen LogP contribution is -2.45. The first-order chi connectivity index (χ1) is 11.5. The van der Waals surface area contributed by atoms with Crippen molar-refractivity contribution in [3.05, 3.63) is 45.6 Å². The van der Waals surface area contributed by atoms with Crippen molar-refractivity contribution in [1.29, 1.82) is 0 Å². The molecule has 0 aromatic heterocycles. The fourth-order valence-electron chi connectivity index (χ4n) is 3.36. The lowest BCUT2D eigenvalue weighted by Gasteiger charge is -2.29. The Bertz CT molecular complexity index is 684. The third-order valence-electron chi connectivity index (χ3n) is 4.73. The summed E-state index contributed by atoms with van der Waals surface area (Å²) in [5, 5.41) is 5.50. The molecular formula is C18H21BrN2O3. The van der Waals surface area contributed by atoms with E-state index in [4.69, 9.17) is 4.74 Å². The smallest absolute Gasteiger partial charge is 0.338 e. The van der Waals surface area contributed by atoms with Crippen molar-refractivity contribution < 1.29 is 14.3 Å². The van der Waals surface area contributed by atoms with E-state index in [1.54, 1.807) is 6.92 Å². The summed E-state index contributed by atoms with van der Waals surface area (Å²) in [6.45, 7) is 3.85. The Morgan fingerprint density at radius 1 is 1.25 bits per heavy atom. The quantitative estimate of drug-likeness (QED) is 0.768. The van der Waals surface area contributed by atoms with Crippen molar-refractivity contribution in [2.45, 2.75) is 45.3 Å². The number of hydrogen-bond donors (Lipinski definition) is 2. The zero-order valence-electron chi connectivity index (χ0n) is 13.8. The molecule has 24 heavy (non-hydrogen) atoms. The molecule has 5 nitrogen and oxygen atoms in total. The van der Waals surface area contributed by atoms with Crippen LogP contribution in [0.15, 0.2) is 40.0 Å². The highest BCUT2D eigenvalue weighted by Gasteiger charge is 2.35. The van der Waals surface area contributed by atoms with Crippen LogP contribution in [0.1, 0.15) is 44.7 Å². The van der Waals surface area contributed by atoms with Crippen LogP contribution in [0.3, 0.4) is 0 Å². The van der Waals surface area contributed by atoms with Gasteiger partial charge in [-0.25, -0.2) is 9.59 Å². The molecule has 6 heteroatoms. The molecule has 3 atom stereocenters. The average molecular weight is 393 g/mol. The van der Waals surface area contributed by atoms with Crippen LogP contribution >= 0.6 is 15.9 Å². The molecular weight excluding hydrogens is 372 g/mol. The van der Waals surface area contributed by atoms with E-state index in [0.29, 0.717) is 17.2 Å². The van der Waals surface area contributed by atoms with Gasteiger partial charge in [0.25, 0.3) is 0 Å². The standard InChI is InChI=1S/C18H21BrN2O3/c1-10-4-3-5-14(10)24-17(22)15-11(2)20-18(23)21-16(15)12-6-8-13(19)9-7-12/h6-10,14,16H,3-5H2,1-2H3,(H2,20,21,23)/t10-,14+,16+/m0/s1. The predicted molar refractivity (Wildman–Crippen MR) is 94.1 cm³/mol. The number of urea groups is 1. The minimum atomic E-state index is -0.504. The second kappa shape index (κ2) is 6.97. The van der Waals surface area contributed by atoms with E-state index in [0.717, 1.165) is 29.3 Å². The summed E-state index contributed by atoms with van der Waals surface area (Å²) in [4.78, 5) is 24.7. The Morgan fingerprint density at radius 2 is 1.96 bits per heavy atom. The number of allylic oxidation sites excluding steroid dienone is 1. The van der Waals surface area contributed by atoms with Crippen molar-refractivity contribution in [2.75, 3.05) is 0 Å². The van der Waals surface area contributed by atoms with Gasteiger partial charge in [0.15, 0.2) is 0 Å². The maximum absolute atomic E-state index is 12.8. The fourth-order valence-corrected chi connectivity index (χ4v) is 3.62. The first-order valence-corrected chi connectivity index (χ1v) is 8.99. The minimum absolute atomic E-state index is 0.0407. The second-order valence-corrected chi connectivity index (χ2v) is 7.39. The molecule has 1 aliphatic carbocycles. The van der Waals surface area contributed by atoms with Crippen LogP contribution in [-0.2, 0) is 9.53 Å². The van der Waals surface area contributed by atoms with Gasteiger partial charge in [-0.15, -0.1) is 0 Å². The van der Waals surface area contributed by atoms with Crippen molar-refractivity contribution in [1.82, 2.24) is 10.6 Å². The Hall–Kier alpha value is -1.82. The highest BCUT2D eigenvalue weighted by molar-refractivity contribution is 9.10. The van der Waals surface area contributed by atoms with Crippen molar-refractivity contribution in [2.24, 2.45) is 5.92 Å². The summed E-state index contributed by atoms with van der Waals surface area (Å²) >= 11 is 3.40. The van der Waals surface area contributed by atoms with Crippen LogP contribution in [0.25, 0.3) is 0 Å². The number of ether oxygens (including phenoxy) is 1. The van der Waals surface area contributed by atoms with Gasteiger partial charge in [0.05, 0.1) is 11.6 Å². The molecule has 1 aromatic carbocycles. The van der Waals surface area contributed by atoms with Crippen molar-refractivity contribution >= 4 is 27.9 Å². The van der Waals surface area contributed by atoms with Gasteiger partial charge < -0.3 is 15.4 Å². The number of esters is 1. The normalized spacial score (nSPS) is 26.8. The van der Waals surface area contributed by atoms with Gasteiger partial charge in [0.1, 0.15) is 6.10 Å². The molecule has 1 saturated carbocycles. The Balaban J connectivity index is 1.88. The lowest BCUT2D eigenvalue weighted by molar-refractivity contribution is -0.146. The summed E-state index contributed by atoms with van der Waals surface area (Å²) in [7, 11) is 0. The van der Waals surface area contributed by atoms with Crippen LogP contribution in [0.2, 0.25) is 0 Å². The predicted octanol–water partition coefficient (Wildman–Crippen LogP) is 3.81. The minimum Gasteiger partial charge on any atom is -0.459 e. The largest absolute Gasteiger partial charge is 0.459 e. The zero-order chi connectivity index (χ0) is 17.3. The molecule has 0 radical (unpaired) electrons. The Kier molecular flexibility index (Phi) is 4.94. The number of amides is 2. The summed E-state index contributed by atoms with van der Waals surface area (Å²) in [5.74, 6) is 0.0267. The van der Waals surface area contributed by atoms with E-state index in [9.17, 15) is 9.59 Å². The van der Waals surface area contributed by atoms with Gasteiger partial charge in [0.2, 0.25) is 0 Å². The molecule has 128 valence electrons. The average Bonchev–Trinajstić information content (AvgIpc) is 2.92. The topological polar surface area (TPSA) is 67.4 Å². The molecule has 0 saturated heterocycles. The SMILES string of the molecule is CC1=C(C(=O)O[C@@H]2CCC[C@@H]2C)[C@@H](c2ccc(Br)cc2)NC(=O)N1. The number of rotatable bonds is 3. The van der Waals surface area contributed by atoms with Crippen LogP contribution < -0.4 is 10.6 Å². The summed E-state index contributed by atoms with van der Waals surface area (Å²) in [6.07, 6.45) is 3.03. The third-order valence-corrected chi connectivity index (χ3v) is 5.26. The Labute approximate surface area is 150 Å². The molecule has 2 aliphatic rings. The summed E-state index contributed by atoms with van der Waals surface area (Å²) in [6, 6.07) is 6.74. The molecule has 2 amide bonds. The van der Waals surface area contributed by atoms with Crippen LogP contribution in [0.5, 0.6) is 0 Å². The monoisotopic (exact) mass is 392 g/mol. The van der Waals surface area contributed by atoms with Gasteiger partial charge in [-0.2, -0.15) is 0 Å². The van der Waals surface area contributed by atoms with E-state index >= 15 is 0 Å². The number of nitrogens with one attached hydrogen (secondary N) is 2. The van der Waals surface area contributed by atoms with Gasteiger partial charge in [-0.1, -0.05) is 35.0 Å². The maximum atomic E-state index is 12.8. The van der Waals surface area contributed by atoms with Crippen LogP contribution in [0, 0.1) is 5.92 Å². The van der Waals surface area contributed by atoms with Crippen LogP contribution in [-0.4, -0.2) is 18.1 Å². The molecule has 1 aliphatic heterocycles. The number of carbonyl (C=O) groups is 2. The van der Waals surface area contributed by atoms with E-state index < -0.39 is 6.04 Å².